The Morgan fingerprint density at radius 1 is 1.24 bits per heavy atom. The second kappa shape index (κ2) is 4.99. The first-order valence-corrected chi connectivity index (χ1v) is 5.72. The number of hydrogen-bond donors (Lipinski definition) is 0. The highest BCUT2D eigenvalue weighted by Crippen LogP contribution is 2.07. The van der Waals surface area contributed by atoms with Crippen molar-refractivity contribution in [2.24, 2.45) is 0 Å². The molecule has 1 aromatic carbocycles. The van der Waals surface area contributed by atoms with E-state index in [1.54, 1.807) is 16.8 Å². The monoisotopic (exact) mass is 232 g/mol. The van der Waals surface area contributed by atoms with Crippen molar-refractivity contribution in [3.8, 4) is 0 Å². The van der Waals surface area contributed by atoms with Crippen LogP contribution in [-0.2, 0) is 11.2 Å². The first kappa shape index (κ1) is 11.6. The van der Waals surface area contributed by atoms with Gasteiger partial charge in [0.05, 0.1) is 6.54 Å². The molecule has 0 atom stereocenters. The van der Waals surface area contributed by atoms with Gasteiger partial charge in [-0.15, -0.1) is 0 Å². The summed E-state index contributed by atoms with van der Waals surface area (Å²) < 4.78 is 0. The maximum Gasteiger partial charge on any atom is 0.320 e. The average Bonchev–Trinajstić information content (AvgIpc) is 2.62. The standard InChI is InChI=1S/C13H16N2O2/c1-14-7-8-15(13(14)17)10-12(16)9-11-5-3-2-4-6-11/h2-6H,7-10H2,1H3. The lowest BCUT2D eigenvalue weighted by atomic mass is 10.1. The van der Waals surface area contributed by atoms with Gasteiger partial charge in [-0.3, -0.25) is 4.79 Å². The van der Waals surface area contributed by atoms with Crippen molar-refractivity contribution in [2.45, 2.75) is 6.42 Å². The predicted octanol–water partition coefficient (Wildman–Crippen LogP) is 1.17. The number of rotatable bonds is 4. The maximum atomic E-state index is 11.8. The Morgan fingerprint density at radius 3 is 2.53 bits per heavy atom. The minimum atomic E-state index is -0.0496. The molecule has 0 aromatic heterocycles. The Hall–Kier alpha value is -1.84. The normalized spacial score (nSPS) is 15.5. The molecule has 90 valence electrons. The Morgan fingerprint density at radius 2 is 1.94 bits per heavy atom. The van der Waals surface area contributed by atoms with Crippen LogP contribution in [0.1, 0.15) is 5.56 Å². The van der Waals surface area contributed by atoms with Crippen LogP contribution in [0.2, 0.25) is 0 Å². The van der Waals surface area contributed by atoms with Gasteiger partial charge >= 0.3 is 6.03 Å². The molecule has 1 saturated heterocycles. The van der Waals surface area contributed by atoms with Gasteiger partial charge in [-0.2, -0.15) is 0 Å². The fourth-order valence-corrected chi connectivity index (χ4v) is 1.94. The summed E-state index contributed by atoms with van der Waals surface area (Å²) in [5.74, 6) is 0.0832. The smallest absolute Gasteiger partial charge is 0.320 e. The zero-order valence-electron chi connectivity index (χ0n) is 9.93. The highest BCUT2D eigenvalue weighted by atomic mass is 16.2. The molecular formula is C13H16N2O2. The zero-order valence-corrected chi connectivity index (χ0v) is 9.93. The van der Waals surface area contributed by atoms with Crippen LogP contribution in [0.15, 0.2) is 30.3 Å². The largest absolute Gasteiger partial charge is 0.326 e. The van der Waals surface area contributed by atoms with Crippen molar-refractivity contribution in [3.05, 3.63) is 35.9 Å². The van der Waals surface area contributed by atoms with Crippen LogP contribution >= 0.6 is 0 Å². The molecule has 0 saturated carbocycles. The van der Waals surface area contributed by atoms with Gasteiger partial charge in [-0.1, -0.05) is 30.3 Å². The molecule has 1 fully saturated rings. The molecule has 0 unspecified atom stereocenters. The van der Waals surface area contributed by atoms with Gasteiger partial charge in [-0.25, -0.2) is 4.79 Å². The Kier molecular flexibility index (Phi) is 3.42. The lowest BCUT2D eigenvalue weighted by molar-refractivity contribution is -0.118. The van der Waals surface area contributed by atoms with E-state index in [4.69, 9.17) is 0 Å². The molecule has 2 rings (SSSR count). The van der Waals surface area contributed by atoms with Gasteiger partial charge < -0.3 is 9.80 Å². The van der Waals surface area contributed by atoms with Gasteiger partial charge in [0.25, 0.3) is 0 Å². The minimum Gasteiger partial charge on any atom is -0.326 e. The maximum absolute atomic E-state index is 11.8. The van der Waals surface area contributed by atoms with Crippen molar-refractivity contribution >= 4 is 11.8 Å². The molecule has 0 N–H and O–H groups in total. The highest BCUT2D eigenvalue weighted by molar-refractivity contribution is 5.87. The molecule has 0 radical (unpaired) electrons. The van der Waals surface area contributed by atoms with E-state index in [-0.39, 0.29) is 18.4 Å². The zero-order chi connectivity index (χ0) is 12.3. The van der Waals surface area contributed by atoms with Gasteiger partial charge in [-0.05, 0) is 5.56 Å². The quantitative estimate of drug-likeness (QED) is 0.781. The molecule has 1 aliphatic heterocycles. The number of nitrogens with zero attached hydrogens (tertiary/aromatic N) is 2. The van der Waals surface area contributed by atoms with Crippen molar-refractivity contribution < 1.29 is 9.59 Å². The summed E-state index contributed by atoms with van der Waals surface area (Å²) in [4.78, 5) is 26.6. The van der Waals surface area contributed by atoms with Crippen LogP contribution in [0.4, 0.5) is 4.79 Å². The predicted molar refractivity (Wildman–Crippen MR) is 64.8 cm³/mol. The van der Waals surface area contributed by atoms with E-state index >= 15 is 0 Å². The summed E-state index contributed by atoms with van der Waals surface area (Å²) in [7, 11) is 1.75. The second-order valence-corrected chi connectivity index (χ2v) is 4.33. The number of Topliss-reactive ketones (excluding diaryl/α,β-unsaturated/α-hetero) is 1. The van der Waals surface area contributed by atoms with Crippen molar-refractivity contribution in [1.29, 1.82) is 0 Å². The van der Waals surface area contributed by atoms with Crippen LogP contribution < -0.4 is 0 Å². The summed E-state index contributed by atoms with van der Waals surface area (Å²) in [6.45, 7) is 1.57. The van der Waals surface area contributed by atoms with Crippen molar-refractivity contribution in [2.75, 3.05) is 26.7 Å². The number of ketones is 1. The van der Waals surface area contributed by atoms with Gasteiger partial charge in [0.1, 0.15) is 0 Å². The number of amides is 2. The van der Waals surface area contributed by atoms with E-state index in [1.165, 1.54) is 0 Å². The number of carbonyl (C=O) groups excluding carboxylic acids is 2. The third-order valence-electron chi connectivity index (χ3n) is 2.91. The molecule has 0 spiro atoms. The van der Waals surface area contributed by atoms with E-state index in [9.17, 15) is 9.59 Å². The van der Waals surface area contributed by atoms with Crippen LogP contribution in [0, 0.1) is 0 Å². The number of likely N-dealkylation sites (N-methyl/N-ethyl adjacent to an activating group) is 1. The van der Waals surface area contributed by atoms with Crippen LogP contribution in [0.25, 0.3) is 0 Å². The number of benzene rings is 1. The van der Waals surface area contributed by atoms with E-state index < -0.39 is 0 Å². The molecule has 2 amide bonds. The summed E-state index contributed by atoms with van der Waals surface area (Å²) in [5, 5.41) is 0. The lowest BCUT2D eigenvalue weighted by Gasteiger charge is -2.14. The average molecular weight is 232 g/mol. The molecule has 0 aliphatic carbocycles. The topological polar surface area (TPSA) is 40.6 Å². The fourth-order valence-electron chi connectivity index (χ4n) is 1.94. The first-order valence-electron chi connectivity index (χ1n) is 5.72. The molecule has 1 aromatic rings. The molecule has 4 nitrogen and oxygen atoms in total. The number of carbonyl (C=O) groups is 2. The SMILES string of the molecule is CN1CCN(CC(=O)Cc2ccccc2)C1=O. The fraction of sp³-hybridized carbons (Fsp3) is 0.385. The molecular weight excluding hydrogens is 216 g/mol. The molecule has 4 heteroatoms. The van der Waals surface area contributed by atoms with Gasteiger partial charge in [0.2, 0.25) is 0 Å². The highest BCUT2D eigenvalue weighted by Gasteiger charge is 2.26. The minimum absolute atomic E-state index is 0.0496. The van der Waals surface area contributed by atoms with Crippen molar-refractivity contribution in [1.82, 2.24) is 9.80 Å². The van der Waals surface area contributed by atoms with E-state index in [0.29, 0.717) is 19.5 Å². The Bertz CT molecular complexity index is 417. The molecule has 1 heterocycles. The second-order valence-electron chi connectivity index (χ2n) is 4.33. The summed E-state index contributed by atoms with van der Waals surface area (Å²) in [5.41, 5.74) is 0.998. The molecule has 0 bridgehead atoms. The Labute approximate surface area is 101 Å². The van der Waals surface area contributed by atoms with Gasteiger partial charge in [0, 0.05) is 26.6 Å². The lowest BCUT2D eigenvalue weighted by Crippen LogP contribution is -2.34. The van der Waals surface area contributed by atoms with E-state index in [2.05, 4.69) is 0 Å². The number of urea groups is 1. The first-order chi connectivity index (χ1) is 8.16. The van der Waals surface area contributed by atoms with Crippen LogP contribution in [-0.4, -0.2) is 48.3 Å². The van der Waals surface area contributed by atoms with E-state index in [1.807, 2.05) is 30.3 Å². The van der Waals surface area contributed by atoms with Crippen molar-refractivity contribution in [3.63, 3.8) is 0 Å². The Balaban J connectivity index is 1.88. The van der Waals surface area contributed by atoms with E-state index in [0.717, 1.165) is 5.56 Å². The number of hydrogen-bond acceptors (Lipinski definition) is 2. The third kappa shape index (κ3) is 2.84. The molecule has 1 aliphatic rings. The van der Waals surface area contributed by atoms with Crippen LogP contribution in [0.3, 0.4) is 0 Å². The molecule has 17 heavy (non-hydrogen) atoms. The summed E-state index contributed by atoms with van der Waals surface area (Å²) >= 11 is 0. The van der Waals surface area contributed by atoms with Gasteiger partial charge in [0.15, 0.2) is 5.78 Å². The third-order valence-corrected chi connectivity index (χ3v) is 2.91. The summed E-state index contributed by atoms with van der Waals surface area (Å²) in [6, 6.07) is 9.55. The summed E-state index contributed by atoms with van der Waals surface area (Å²) in [6.07, 6.45) is 0.397. The van der Waals surface area contributed by atoms with Crippen LogP contribution in [0.5, 0.6) is 0 Å².